The van der Waals surface area contributed by atoms with E-state index in [1.54, 1.807) is 32.0 Å². The maximum absolute atomic E-state index is 12.1. The second-order valence-corrected chi connectivity index (χ2v) is 6.35. The van der Waals surface area contributed by atoms with Gasteiger partial charge < -0.3 is 14.5 Å². The van der Waals surface area contributed by atoms with Gasteiger partial charge in [0, 0.05) is 34.3 Å². The van der Waals surface area contributed by atoms with Gasteiger partial charge in [-0.2, -0.15) is 0 Å². The van der Waals surface area contributed by atoms with Crippen molar-refractivity contribution in [2.75, 3.05) is 11.9 Å². The van der Waals surface area contributed by atoms with E-state index >= 15 is 0 Å². The lowest BCUT2D eigenvalue weighted by molar-refractivity contribution is -0.384. The predicted molar refractivity (Wildman–Crippen MR) is 104 cm³/mol. The highest BCUT2D eigenvalue weighted by atomic mass is 16.6. The van der Waals surface area contributed by atoms with Crippen molar-refractivity contribution in [1.29, 1.82) is 0 Å². The summed E-state index contributed by atoms with van der Waals surface area (Å²) in [6, 6.07) is 9.12. The Morgan fingerprint density at radius 1 is 1.14 bits per heavy atom. The molecule has 8 nitrogen and oxygen atoms in total. The summed E-state index contributed by atoms with van der Waals surface area (Å²) in [6.07, 6.45) is 0. The van der Waals surface area contributed by atoms with E-state index in [2.05, 4.69) is 5.32 Å². The SMILES string of the molecule is Cc1c(C)c2ccc(OCC(=O)Nc3cccc([N+](=O)[O-])c3)c(C)c2oc1=O. The minimum atomic E-state index is -0.540. The van der Waals surface area contributed by atoms with Gasteiger partial charge in [-0.15, -0.1) is 0 Å². The molecule has 1 aromatic heterocycles. The number of aryl methyl sites for hydroxylation is 2. The number of carbonyl (C=O) groups is 1. The Kier molecular flexibility index (Phi) is 5.12. The van der Waals surface area contributed by atoms with Gasteiger partial charge >= 0.3 is 5.63 Å². The van der Waals surface area contributed by atoms with Gasteiger partial charge in [-0.25, -0.2) is 4.79 Å². The zero-order valence-electron chi connectivity index (χ0n) is 15.6. The monoisotopic (exact) mass is 382 g/mol. The van der Waals surface area contributed by atoms with Gasteiger partial charge in [0.15, 0.2) is 6.61 Å². The molecule has 0 saturated heterocycles. The van der Waals surface area contributed by atoms with E-state index in [1.165, 1.54) is 18.2 Å². The molecule has 1 N–H and O–H groups in total. The maximum Gasteiger partial charge on any atom is 0.339 e. The molecule has 3 aromatic rings. The van der Waals surface area contributed by atoms with Gasteiger partial charge in [-0.1, -0.05) is 6.07 Å². The summed E-state index contributed by atoms with van der Waals surface area (Å²) in [5, 5.41) is 14.2. The minimum absolute atomic E-state index is 0.121. The first-order valence-electron chi connectivity index (χ1n) is 8.48. The fraction of sp³-hybridized carbons (Fsp3) is 0.200. The molecule has 0 aliphatic heterocycles. The Labute approximate surface area is 159 Å². The highest BCUT2D eigenvalue weighted by Gasteiger charge is 2.14. The molecule has 0 aliphatic carbocycles. The molecule has 144 valence electrons. The summed E-state index contributed by atoms with van der Waals surface area (Å²) in [5.41, 5.74) is 2.19. The summed E-state index contributed by atoms with van der Waals surface area (Å²) < 4.78 is 10.9. The van der Waals surface area contributed by atoms with Crippen LogP contribution in [0.15, 0.2) is 45.6 Å². The number of anilines is 1. The second-order valence-electron chi connectivity index (χ2n) is 6.35. The quantitative estimate of drug-likeness (QED) is 0.410. The molecule has 0 fully saturated rings. The molecule has 0 unspecified atom stereocenters. The average Bonchev–Trinajstić information content (AvgIpc) is 2.66. The third kappa shape index (κ3) is 3.71. The molecular formula is C20H18N2O6. The van der Waals surface area contributed by atoms with Crippen LogP contribution in [0.1, 0.15) is 16.7 Å². The normalized spacial score (nSPS) is 10.7. The first kappa shape index (κ1) is 19.1. The topological polar surface area (TPSA) is 112 Å². The van der Waals surface area contributed by atoms with Crippen molar-refractivity contribution in [3.63, 3.8) is 0 Å². The minimum Gasteiger partial charge on any atom is -0.483 e. The maximum atomic E-state index is 12.1. The van der Waals surface area contributed by atoms with Gasteiger partial charge in [0.25, 0.3) is 11.6 Å². The number of fused-ring (bicyclic) bond motifs is 1. The van der Waals surface area contributed by atoms with E-state index in [0.29, 0.717) is 28.1 Å². The largest absolute Gasteiger partial charge is 0.483 e. The molecule has 0 atom stereocenters. The summed E-state index contributed by atoms with van der Waals surface area (Å²) in [7, 11) is 0. The fourth-order valence-electron chi connectivity index (χ4n) is 2.82. The molecule has 0 saturated carbocycles. The van der Waals surface area contributed by atoms with E-state index in [9.17, 15) is 19.7 Å². The van der Waals surface area contributed by atoms with Crippen molar-refractivity contribution in [3.05, 3.63) is 73.6 Å². The zero-order valence-corrected chi connectivity index (χ0v) is 15.6. The van der Waals surface area contributed by atoms with Gasteiger partial charge in [-0.3, -0.25) is 14.9 Å². The van der Waals surface area contributed by atoms with Crippen LogP contribution < -0.4 is 15.7 Å². The van der Waals surface area contributed by atoms with E-state index in [0.717, 1.165) is 10.9 Å². The molecular weight excluding hydrogens is 364 g/mol. The Morgan fingerprint density at radius 2 is 1.89 bits per heavy atom. The van der Waals surface area contributed by atoms with Crippen LogP contribution in [0, 0.1) is 30.9 Å². The highest BCUT2D eigenvalue weighted by molar-refractivity contribution is 5.92. The molecule has 0 aliphatic rings. The van der Waals surface area contributed by atoms with Crippen molar-refractivity contribution in [2.24, 2.45) is 0 Å². The molecule has 3 rings (SSSR count). The van der Waals surface area contributed by atoms with Crippen LogP contribution in [-0.2, 0) is 4.79 Å². The smallest absolute Gasteiger partial charge is 0.339 e. The summed E-state index contributed by atoms with van der Waals surface area (Å²) >= 11 is 0. The van der Waals surface area contributed by atoms with Crippen LogP contribution in [0.5, 0.6) is 5.75 Å². The number of nitrogens with zero attached hydrogens (tertiary/aromatic N) is 1. The Morgan fingerprint density at radius 3 is 2.61 bits per heavy atom. The molecule has 0 spiro atoms. The number of hydrogen-bond donors (Lipinski definition) is 1. The molecule has 1 amide bonds. The number of benzene rings is 2. The van der Waals surface area contributed by atoms with Crippen molar-refractivity contribution in [3.8, 4) is 5.75 Å². The number of rotatable bonds is 5. The lowest BCUT2D eigenvalue weighted by Crippen LogP contribution is -2.20. The number of non-ortho nitro benzene ring substituents is 1. The number of nitro groups is 1. The van der Waals surface area contributed by atoms with E-state index in [4.69, 9.17) is 9.15 Å². The third-order valence-corrected chi connectivity index (χ3v) is 4.52. The van der Waals surface area contributed by atoms with Crippen molar-refractivity contribution < 1.29 is 18.9 Å². The lowest BCUT2D eigenvalue weighted by atomic mass is 10.0. The number of ether oxygens (including phenoxy) is 1. The van der Waals surface area contributed by atoms with Crippen molar-refractivity contribution in [2.45, 2.75) is 20.8 Å². The predicted octanol–water partition coefficient (Wildman–Crippen LogP) is 3.64. The number of hydrogen-bond acceptors (Lipinski definition) is 6. The molecule has 28 heavy (non-hydrogen) atoms. The Bertz CT molecular complexity index is 1150. The van der Waals surface area contributed by atoms with Crippen LogP contribution in [0.2, 0.25) is 0 Å². The summed E-state index contributed by atoms with van der Waals surface area (Å²) in [6.45, 7) is 5.00. The second kappa shape index (κ2) is 7.51. The molecule has 2 aromatic carbocycles. The molecule has 0 bridgehead atoms. The van der Waals surface area contributed by atoms with Gasteiger partial charge in [0.2, 0.25) is 0 Å². The average molecular weight is 382 g/mol. The first-order chi connectivity index (χ1) is 13.3. The van der Waals surface area contributed by atoms with Crippen LogP contribution in [0.3, 0.4) is 0 Å². The first-order valence-corrected chi connectivity index (χ1v) is 8.48. The highest BCUT2D eigenvalue weighted by Crippen LogP contribution is 2.29. The Hall–Kier alpha value is -3.68. The van der Waals surface area contributed by atoms with E-state index < -0.39 is 16.5 Å². The van der Waals surface area contributed by atoms with Crippen LogP contribution in [0.4, 0.5) is 11.4 Å². The van der Waals surface area contributed by atoms with Crippen LogP contribution in [-0.4, -0.2) is 17.4 Å². The Balaban J connectivity index is 1.76. The van der Waals surface area contributed by atoms with Crippen molar-refractivity contribution >= 4 is 28.3 Å². The number of nitro benzene ring substituents is 1. The third-order valence-electron chi connectivity index (χ3n) is 4.52. The lowest BCUT2D eigenvalue weighted by Gasteiger charge is -2.12. The van der Waals surface area contributed by atoms with Gasteiger partial charge in [0.05, 0.1) is 4.92 Å². The van der Waals surface area contributed by atoms with Crippen LogP contribution >= 0.6 is 0 Å². The zero-order chi connectivity index (χ0) is 20.4. The van der Waals surface area contributed by atoms with Gasteiger partial charge in [0.1, 0.15) is 11.3 Å². The van der Waals surface area contributed by atoms with Gasteiger partial charge in [-0.05, 0) is 44.5 Å². The molecule has 0 radical (unpaired) electrons. The number of amides is 1. The van der Waals surface area contributed by atoms with E-state index in [-0.39, 0.29) is 12.3 Å². The molecule has 1 heterocycles. The standard InChI is InChI=1S/C20H18N2O6/c1-11-12(2)20(24)28-19-13(3)17(8-7-16(11)19)27-10-18(23)21-14-5-4-6-15(9-14)22(25)26/h4-9H,10H2,1-3H3,(H,21,23). The van der Waals surface area contributed by atoms with E-state index in [1.807, 2.05) is 6.92 Å². The number of carbonyl (C=O) groups excluding carboxylic acids is 1. The summed E-state index contributed by atoms with van der Waals surface area (Å²) in [5.74, 6) is -0.0605. The van der Waals surface area contributed by atoms with Crippen LogP contribution in [0.25, 0.3) is 11.0 Å². The fourth-order valence-corrected chi connectivity index (χ4v) is 2.82. The van der Waals surface area contributed by atoms with Crippen molar-refractivity contribution in [1.82, 2.24) is 0 Å². The molecule has 8 heteroatoms. The number of nitrogens with one attached hydrogen (secondary N) is 1. The summed E-state index contributed by atoms with van der Waals surface area (Å²) in [4.78, 5) is 34.3.